The summed E-state index contributed by atoms with van der Waals surface area (Å²) in [6.07, 6.45) is -4.25. The average Bonchev–Trinajstić information content (AvgIpc) is 3.42. The summed E-state index contributed by atoms with van der Waals surface area (Å²) in [4.78, 5) is 0. The summed E-state index contributed by atoms with van der Waals surface area (Å²) in [5.74, 6) is 0. The molecular formula is C51H98O25. The molecule has 0 spiro atoms. The SMILES string of the molecule is CCCCCCCCCCCCCCCCOCC(COCCOCCOCCO[C@H]1O[C@H](CO)[C@@H](O)[C@H](O)[C@@H]1O)(COCCOCCOCCO[C@H]1O[C@H](CO)[C@@H](O)[C@H](O)[C@@H]1O)CO[C@H]1O[C@H](CO)[C@@H](O)[C@H](O)[C@@H]1O. The first kappa shape index (κ1) is 69.3. The van der Waals surface area contributed by atoms with Crippen molar-refractivity contribution in [2.24, 2.45) is 5.41 Å². The normalized spacial score (nSPS) is 30.4. The minimum Gasteiger partial charge on any atom is -0.394 e. The van der Waals surface area contributed by atoms with Crippen LogP contribution < -0.4 is 0 Å². The van der Waals surface area contributed by atoms with Crippen LogP contribution in [0.2, 0.25) is 0 Å². The largest absolute Gasteiger partial charge is 0.394 e. The predicted octanol–water partition coefficient (Wildman–Crippen LogP) is -1.98. The quantitative estimate of drug-likeness (QED) is 0.0294. The zero-order valence-electron chi connectivity index (χ0n) is 44.9. The summed E-state index contributed by atoms with van der Waals surface area (Å²) >= 11 is 0. The molecular weight excluding hydrogens is 1010 g/mol. The Morgan fingerprint density at radius 1 is 0.289 bits per heavy atom. The van der Waals surface area contributed by atoms with Crippen LogP contribution in [0.3, 0.4) is 0 Å². The molecule has 25 nitrogen and oxygen atoms in total. The van der Waals surface area contributed by atoms with Crippen molar-refractivity contribution >= 4 is 0 Å². The smallest absolute Gasteiger partial charge is 0.186 e. The Kier molecular flexibility index (Phi) is 38.2. The first-order valence-corrected chi connectivity index (χ1v) is 27.6. The van der Waals surface area contributed by atoms with Crippen LogP contribution in [0, 0.1) is 5.41 Å². The van der Waals surface area contributed by atoms with Crippen molar-refractivity contribution in [1.29, 1.82) is 0 Å². The second-order valence-electron chi connectivity index (χ2n) is 19.8. The van der Waals surface area contributed by atoms with E-state index in [2.05, 4.69) is 6.92 Å². The molecule has 15 atom stereocenters. The minimum atomic E-state index is -1.65. The monoisotopic (exact) mass is 1110 g/mol. The van der Waals surface area contributed by atoms with Gasteiger partial charge in [0, 0.05) is 6.61 Å². The molecule has 0 aromatic carbocycles. The zero-order valence-corrected chi connectivity index (χ0v) is 44.9. The van der Waals surface area contributed by atoms with Gasteiger partial charge in [0.05, 0.1) is 131 Å². The predicted molar refractivity (Wildman–Crippen MR) is 268 cm³/mol. The van der Waals surface area contributed by atoms with Gasteiger partial charge in [-0.3, -0.25) is 0 Å². The van der Waals surface area contributed by atoms with Crippen LogP contribution in [-0.2, 0) is 61.6 Å². The maximum atomic E-state index is 10.8. The molecule has 0 aromatic heterocycles. The summed E-state index contributed by atoms with van der Waals surface area (Å²) in [7, 11) is 0. The van der Waals surface area contributed by atoms with E-state index in [9.17, 15) is 61.3 Å². The van der Waals surface area contributed by atoms with Gasteiger partial charge in [0.2, 0.25) is 0 Å². The number of ether oxygens (including phenoxy) is 13. The van der Waals surface area contributed by atoms with Gasteiger partial charge in [-0.15, -0.1) is 0 Å². The van der Waals surface area contributed by atoms with E-state index in [0.717, 1.165) is 25.7 Å². The number of rotatable bonds is 47. The van der Waals surface area contributed by atoms with Crippen molar-refractivity contribution in [2.45, 2.75) is 189 Å². The number of aliphatic hydroxyl groups is 12. The number of hydrogen-bond donors (Lipinski definition) is 12. The highest BCUT2D eigenvalue weighted by atomic mass is 16.7. The zero-order chi connectivity index (χ0) is 55.4. The molecule has 3 saturated heterocycles. The Labute approximate surface area is 448 Å². The van der Waals surface area contributed by atoms with Crippen LogP contribution in [-0.4, -0.2) is 286 Å². The average molecular weight is 1110 g/mol. The Morgan fingerprint density at radius 3 is 0.895 bits per heavy atom. The van der Waals surface area contributed by atoms with Crippen molar-refractivity contribution in [2.75, 3.05) is 132 Å². The molecule has 0 amide bonds. The molecule has 0 unspecified atom stereocenters. The van der Waals surface area contributed by atoms with Crippen LogP contribution in [0.4, 0.5) is 0 Å². The number of unbranched alkanes of at least 4 members (excludes halogenated alkanes) is 13. The van der Waals surface area contributed by atoms with Crippen molar-refractivity contribution in [3.63, 3.8) is 0 Å². The van der Waals surface area contributed by atoms with Gasteiger partial charge < -0.3 is 123 Å². The van der Waals surface area contributed by atoms with E-state index in [1.165, 1.54) is 64.2 Å². The highest BCUT2D eigenvalue weighted by molar-refractivity contribution is 4.91. The molecule has 0 saturated carbocycles. The standard InChI is InChI=1S/C51H98O25/c1-2-3-4-5-6-7-8-9-10-11-12-13-14-15-16-68-32-51(35-73-50-47(63)44(60)41(57)38(31-54)76-50,33-69-23-21-64-17-19-66-25-27-71-48-45(61)42(58)39(55)36(29-52)74-48)34-70-24-22-65-18-20-67-26-28-72-49-46(62)43(59)40(56)37(30-53)75-49/h36-50,52-63H,2-35H2,1H3/t36-,37-,38-,39-,40-,41-,42+,43+,44+,45+,46+,47+,48+,49+,50+/m1/s1. The Bertz CT molecular complexity index is 1300. The molecule has 3 fully saturated rings. The number of hydrogen-bond acceptors (Lipinski definition) is 25. The maximum Gasteiger partial charge on any atom is 0.186 e. The summed E-state index contributed by atoms with van der Waals surface area (Å²) in [5, 5.41) is 120. The molecule has 3 aliphatic rings. The third-order valence-electron chi connectivity index (χ3n) is 13.5. The van der Waals surface area contributed by atoms with Gasteiger partial charge in [-0.1, -0.05) is 90.4 Å². The second-order valence-corrected chi connectivity index (χ2v) is 19.8. The molecule has 0 aromatic rings. The third-order valence-corrected chi connectivity index (χ3v) is 13.5. The van der Waals surface area contributed by atoms with E-state index in [4.69, 9.17) is 61.6 Å². The van der Waals surface area contributed by atoms with E-state index in [-0.39, 0.29) is 106 Å². The Morgan fingerprint density at radius 2 is 0.566 bits per heavy atom. The van der Waals surface area contributed by atoms with Crippen molar-refractivity contribution < 1.29 is 123 Å². The molecule has 25 heteroatoms. The third kappa shape index (κ3) is 26.3. The van der Waals surface area contributed by atoms with E-state index in [1.807, 2.05) is 0 Å². The lowest BCUT2D eigenvalue weighted by molar-refractivity contribution is -0.309. The second kappa shape index (κ2) is 41.9. The van der Waals surface area contributed by atoms with Crippen LogP contribution in [0.5, 0.6) is 0 Å². The Balaban J connectivity index is 1.48. The molecule has 0 aliphatic carbocycles. The molecule has 12 N–H and O–H groups in total. The summed E-state index contributed by atoms with van der Waals surface area (Å²) in [6.45, 7) is 2.44. The topological polar surface area (TPSA) is 363 Å². The van der Waals surface area contributed by atoms with E-state index in [1.54, 1.807) is 0 Å². The van der Waals surface area contributed by atoms with E-state index >= 15 is 0 Å². The fourth-order valence-electron chi connectivity index (χ4n) is 8.71. The van der Waals surface area contributed by atoms with Gasteiger partial charge in [0.1, 0.15) is 73.2 Å². The van der Waals surface area contributed by atoms with Crippen LogP contribution in [0.15, 0.2) is 0 Å². The van der Waals surface area contributed by atoms with Crippen LogP contribution in [0.1, 0.15) is 96.8 Å². The molecule has 0 bridgehead atoms. The van der Waals surface area contributed by atoms with Gasteiger partial charge in [-0.05, 0) is 6.42 Å². The lowest BCUT2D eigenvalue weighted by atomic mass is 9.91. The lowest BCUT2D eigenvalue weighted by Gasteiger charge is -2.41. The van der Waals surface area contributed by atoms with E-state index < -0.39 is 117 Å². The van der Waals surface area contributed by atoms with Crippen LogP contribution in [0.25, 0.3) is 0 Å². The van der Waals surface area contributed by atoms with Gasteiger partial charge >= 0.3 is 0 Å². The van der Waals surface area contributed by atoms with Crippen molar-refractivity contribution in [3.8, 4) is 0 Å². The van der Waals surface area contributed by atoms with E-state index in [0.29, 0.717) is 6.61 Å². The fourth-order valence-corrected chi connectivity index (χ4v) is 8.71. The van der Waals surface area contributed by atoms with Crippen LogP contribution >= 0.6 is 0 Å². The molecule has 452 valence electrons. The summed E-state index contributed by atoms with van der Waals surface area (Å²) in [6, 6.07) is 0. The molecule has 0 radical (unpaired) electrons. The molecule has 3 rings (SSSR count). The lowest BCUT2D eigenvalue weighted by Crippen LogP contribution is -2.59. The highest BCUT2D eigenvalue weighted by Gasteiger charge is 2.47. The molecule has 3 heterocycles. The Hall–Kier alpha value is -1.00. The van der Waals surface area contributed by atoms with Gasteiger partial charge in [0.15, 0.2) is 18.9 Å². The van der Waals surface area contributed by atoms with Gasteiger partial charge in [-0.2, -0.15) is 0 Å². The molecule has 3 aliphatic heterocycles. The first-order chi connectivity index (χ1) is 36.8. The van der Waals surface area contributed by atoms with Crippen molar-refractivity contribution in [3.05, 3.63) is 0 Å². The van der Waals surface area contributed by atoms with Gasteiger partial charge in [-0.25, -0.2) is 0 Å². The highest BCUT2D eigenvalue weighted by Crippen LogP contribution is 2.28. The summed E-state index contributed by atoms with van der Waals surface area (Å²) < 4.78 is 74.2. The number of aliphatic hydroxyl groups excluding tert-OH is 12. The first-order valence-electron chi connectivity index (χ1n) is 27.6. The maximum absolute atomic E-state index is 10.8. The van der Waals surface area contributed by atoms with Gasteiger partial charge in [0.25, 0.3) is 0 Å². The minimum absolute atomic E-state index is 0.0154. The fraction of sp³-hybridized carbons (Fsp3) is 1.00. The molecule has 76 heavy (non-hydrogen) atoms. The van der Waals surface area contributed by atoms with Crippen molar-refractivity contribution in [1.82, 2.24) is 0 Å². The summed E-state index contributed by atoms with van der Waals surface area (Å²) in [5.41, 5.74) is -1.01.